The highest BCUT2D eigenvalue weighted by Gasteiger charge is 2.30. The van der Waals surface area contributed by atoms with Gasteiger partial charge in [-0.25, -0.2) is 8.78 Å². The van der Waals surface area contributed by atoms with Crippen LogP contribution in [0.1, 0.15) is 27.3 Å². The number of hydrogen-bond acceptors (Lipinski definition) is 2. The number of H-pyrrole nitrogens is 1. The normalized spacial score (nSPS) is 11.8. The van der Waals surface area contributed by atoms with E-state index in [9.17, 15) is 26.7 Å². The number of alkyl halides is 3. The van der Waals surface area contributed by atoms with Crippen LogP contribution in [-0.2, 0) is 12.7 Å². The first-order chi connectivity index (χ1) is 14.6. The van der Waals surface area contributed by atoms with E-state index in [-0.39, 0.29) is 17.9 Å². The van der Waals surface area contributed by atoms with Crippen molar-refractivity contribution in [3.63, 3.8) is 0 Å². The van der Waals surface area contributed by atoms with E-state index in [0.717, 1.165) is 24.3 Å². The lowest BCUT2D eigenvalue weighted by Crippen LogP contribution is -2.13. The highest BCUT2D eigenvalue weighted by molar-refractivity contribution is 6.08. The van der Waals surface area contributed by atoms with E-state index >= 15 is 0 Å². The number of amides is 1. The van der Waals surface area contributed by atoms with Gasteiger partial charge in [-0.1, -0.05) is 12.1 Å². The molecule has 0 bridgehead atoms. The Balaban J connectivity index is 1.52. The van der Waals surface area contributed by atoms with Gasteiger partial charge in [-0.05, 0) is 36.8 Å². The molecule has 2 aromatic heterocycles. The minimum Gasteiger partial charge on any atom is -0.359 e. The van der Waals surface area contributed by atoms with Crippen molar-refractivity contribution in [1.29, 1.82) is 0 Å². The van der Waals surface area contributed by atoms with E-state index in [0.29, 0.717) is 22.2 Å². The number of benzene rings is 2. The second-order valence-corrected chi connectivity index (χ2v) is 6.99. The quantitative estimate of drug-likeness (QED) is 0.430. The summed E-state index contributed by atoms with van der Waals surface area (Å²) in [4.78, 5) is 15.3. The number of carbonyl (C=O) groups excluding carboxylic acids is 1. The van der Waals surface area contributed by atoms with Crippen molar-refractivity contribution in [3.8, 4) is 0 Å². The van der Waals surface area contributed by atoms with Gasteiger partial charge in [0.15, 0.2) is 17.3 Å². The first kappa shape index (κ1) is 20.6. The summed E-state index contributed by atoms with van der Waals surface area (Å²) in [6, 6.07) is 8.16. The Hall–Kier alpha value is -3.69. The third kappa shape index (κ3) is 4.14. The van der Waals surface area contributed by atoms with Crippen molar-refractivity contribution in [1.82, 2.24) is 14.8 Å². The smallest absolute Gasteiger partial charge is 0.359 e. The van der Waals surface area contributed by atoms with Crippen molar-refractivity contribution < 1.29 is 26.7 Å². The second kappa shape index (κ2) is 7.53. The van der Waals surface area contributed by atoms with E-state index in [1.54, 1.807) is 6.92 Å². The number of fused-ring (bicyclic) bond motifs is 1. The topological polar surface area (TPSA) is 62.7 Å². The summed E-state index contributed by atoms with van der Waals surface area (Å²) in [5.41, 5.74) is 1.11. The van der Waals surface area contributed by atoms with Crippen molar-refractivity contribution >= 4 is 22.5 Å². The van der Waals surface area contributed by atoms with Crippen LogP contribution in [0.25, 0.3) is 10.9 Å². The molecule has 10 heteroatoms. The van der Waals surface area contributed by atoms with Gasteiger partial charge >= 0.3 is 6.18 Å². The zero-order chi connectivity index (χ0) is 22.3. The lowest BCUT2D eigenvalue weighted by Gasteiger charge is -2.08. The molecule has 0 unspecified atom stereocenters. The molecular weight excluding hydrogens is 419 g/mol. The third-order valence-electron chi connectivity index (χ3n) is 4.80. The number of rotatable bonds is 4. The summed E-state index contributed by atoms with van der Waals surface area (Å²) in [6.45, 7) is 1.88. The number of hydrogen-bond donors (Lipinski definition) is 2. The predicted octanol–water partition coefficient (Wildman–Crippen LogP) is 5.27. The Kier molecular flexibility index (Phi) is 5.00. The zero-order valence-corrected chi connectivity index (χ0v) is 16.0. The zero-order valence-electron chi connectivity index (χ0n) is 16.0. The first-order valence-corrected chi connectivity index (χ1v) is 9.10. The molecule has 2 heterocycles. The molecule has 0 radical (unpaired) electrons. The molecule has 0 saturated heterocycles. The largest absolute Gasteiger partial charge is 0.416 e. The van der Waals surface area contributed by atoms with Crippen LogP contribution in [0, 0.1) is 18.6 Å². The van der Waals surface area contributed by atoms with E-state index in [4.69, 9.17) is 0 Å². The molecule has 0 aliphatic heterocycles. The fraction of sp³-hybridized carbons (Fsp3) is 0.143. The van der Waals surface area contributed by atoms with Gasteiger partial charge in [0.2, 0.25) is 0 Å². The van der Waals surface area contributed by atoms with Crippen molar-refractivity contribution in [2.75, 3.05) is 5.32 Å². The molecule has 2 aromatic carbocycles. The molecule has 0 spiro atoms. The molecule has 2 N–H and O–H groups in total. The van der Waals surface area contributed by atoms with Crippen molar-refractivity contribution in [2.24, 2.45) is 0 Å². The summed E-state index contributed by atoms with van der Waals surface area (Å²) in [5.74, 6) is -2.62. The standard InChI is InChI=1S/C21H15F5N4O/c1-11-6-18(29-30(11)10-12-2-4-13(5-3-12)21(24,25)26)20(31)28-19-9-27-17-8-16(23)15(22)7-14(17)19/h2-9,27H,10H2,1H3,(H,28,31). The lowest BCUT2D eigenvalue weighted by molar-refractivity contribution is -0.137. The second-order valence-electron chi connectivity index (χ2n) is 6.99. The number of aryl methyl sites for hydroxylation is 1. The molecule has 4 rings (SSSR count). The minimum atomic E-state index is -4.41. The van der Waals surface area contributed by atoms with Gasteiger partial charge in [-0.3, -0.25) is 9.48 Å². The fourth-order valence-corrected chi connectivity index (χ4v) is 3.16. The van der Waals surface area contributed by atoms with Crippen LogP contribution >= 0.6 is 0 Å². The summed E-state index contributed by atoms with van der Waals surface area (Å²) in [7, 11) is 0. The molecule has 31 heavy (non-hydrogen) atoms. The number of aromatic nitrogens is 3. The van der Waals surface area contributed by atoms with Gasteiger partial charge in [-0.15, -0.1) is 0 Å². The van der Waals surface area contributed by atoms with Crippen molar-refractivity contribution in [2.45, 2.75) is 19.6 Å². The van der Waals surface area contributed by atoms with Gasteiger partial charge in [0.05, 0.1) is 23.3 Å². The van der Waals surface area contributed by atoms with Crippen LogP contribution in [-0.4, -0.2) is 20.7 Å². The molecule has 5 nitrogen and oxygen atoms in total. The maximum Gasteiger partial charge on any atom is 0.416 e. The summed E-state index contributed by atoms with van der Waals surface area (Å²) in [5, 5.41) is 7.10. The maximum atomic E-state index is 13.5. The molecule has 0 fully saturated rings. The number of anilines is 1. The predicted molar refractivity (Wildman–Crippen MR) is 104 cm³/mol. The van der Waals surface area contributed by atoms with E-state index < -0.39 is 29.3 Å². The highest BCUT2D eigenvalue weighted by atomic mass is 19.4. The fourth-order valence-electron chi connectivity index (χ4n) is 3.16. The Morgan fingerprint density at radius 3 is 2.45 bits per heavy atom. The van der Waals surface area contributed by atoms with E-state index in [1.165, 1.54) is 29.1 Å². The Bertz CT molecular complexity index is 1270. The number of nitrogens with one attached hydrogen (secondary N) is 2. The first-order valence-electron chi connectivity index (χ1n) is 9.10. The maximum absolute atomic E-state index is 13.5. The Morgan fingerprint density at radius 1 is 1.10 bits per heavy atom. The number of carbonyl (C=O) groups is 1. The SMILES string of the molecule is Cc1cc(C(=O)Nc2c[nH]c3cc(F)c(F)cc23)nn1Cc1ccc(C(F)(F)F)cc1. The van der Waals surface area contributed by atoms with Gasteiger partial charge in [0.25, 0.3) is 5.91 Å². The Morgan fingerprint density at radius 2 is 1.77 bits per heavy atom. The third-order valence-corrected chi connectivity index (χ3v) is 4.80. The van der Waals surface area contributed by atoms with Crippen LogP contribution in [0.15, 0.2) is 48.7 Å². The monoisotopic (exact) mass is 434 g/mol. The molecule has 160 valence electrons. The number of aromatic amines is 1. The lowest BCUT2D eigenvalue weighted by atomic mass is 10.1. The molecule has 0 aliphatic carbocycles. The van der Waals surface area contributed by atoms with E-state index in [1.807, 2.05) is 0 Å². The van der Waals surface area contributed by atoms with Crippen LogP contribution < -0.4 is 5.32 Å². The summed E-state index contributed by atoms with van der Waals surface area (Å²) in [6.07, 6.45) is -3.00. The number of nitrogens with zero attached hydrogens (tertiary/aromatic N) is 2. The molecule has 4 aromatic rings. The summed E-state index contributed by atoms with van der Waals surface area (Å²) < 4.78 is 66.5. The van der Waals surface area contributed by atoms with E-state index in [2.05, 4.69) is 15.4 Å². The molecular formula is C21H15F5N4O. The van der Waals surface area contributed by atoms with Crippen LogP contribution in [0.2, 0.25) is 0 Å². The van der Waals surface area contributed by atoms with Gasteiger partial charge in [0.1, 0.15) is 0 Å². The van der Waals surface area contributed by atoms with Crippen LogP contribution in [0.5, 0.6) is 0 Å². The summed E-state index contributed by atoms with van der Waals surface area (Å²) >= 11 is 0. The minimum absolute atomic E-state index is 0.0707. The van der Waals surface area contributed by atoms with Crippen LogP contribution in [0.3, 0.4) is 0 Å². The number of halogens is 5. The average Bonchev–Trinajstić information content (AvgIpc) is 3.26. The highest BCUT2D eigenvalue weighted by Crippen LogP contribution is 2.29. The van der Waals surface area contributed by atoms with Gasteiger partial charge in [0, 0.05) is 23.3 Å². The van der Waals surface area contributed by atoms with Crippen molar-refractivity contribution in [3.05, 3.63) is 82.8 Å². The van der Waals surface area contributed by atoms with Gasteiger partial charge in [-0.2, -0.15) is 18.3 Å². The molecule has 0 atom stereocenters. The molecule has 0 saturated carbocycles. The van der Waals surface area contributed by atoms with Crippen LogP contribution in [0.4, 0.5) is 27.6 Å². The molecule has 1 amide bonds. The molecule has 0 aliphatic rings. The average molecular weight is 434 g/mol. The van der Waals surface area contributed by atoms with Gasteiger partial charge < -0.3 is 10.3 Å². The Labute approximate surface area is 172 Å².